The van der Waals surface area contributed by atoms with E-state index in [2.05, 4.69) is 19.1 Å². The molecule has 1 unspecified atom stereocenters. The molecule has 0 saturated carbocycles. The van der Waals surface area contributed by atoms with Gasteiger partial charge in [-0.2, -0.15) is 0 Å². The van der Waals surface area contributed by atoms with Gasteiger partial charge in [0.25, 0.3) is 0 Å². The number of rotatable bonds is 5. The van der Waals surface area contributed by atoms with Crippen molar-refractivity contribution in [2.45, 2.75) is 51.6 Å². The van der Waals surface area contributed by atoms with Crippen LogP contribution in [0.2, 0.25) is 0 Å². The number of ether oxygens (including phenoxy) is 1. The Morgan fingerprint density at radius 2 is 2.25 bits per heavy atom. The standard InChI is InChI=1S/C11H20O/c1-2-3-4-5-8-11-9-6-7-10-12-11/h6,9,11H,2-5,7-8,10H2,1H3. The van der Waals surface area contributed by atoms with E-state index < -0.39 is 0 Å². The lowest BCUT2D eigenvalue weighted by atomic mass is 10.1. The van der Waals surface area contributed by atoms with E-state index in [0.29, 0.717) is 6.10 Å². The van der Waals surface area contributed by atoms with Gasteiger partial charge in [0.15, 0.2) is 0 Å². The summed E-state index contributed by atoms with van der Waals surface area (Å²) < 4.78 is 5.57. The van der Waals surface area contributed by atoms with Crippen LogP contribution in [-0.4, -0.2) is 12.7 Å². The molecule has 1 rings (SSSR count). The molecule has 0 N–H and O–H groups in total. The summed E-state index contributed by atoms with van der Waals surface area (Å²) in [6.07, 6.45) is 12.6. The van der Waals surface area contributed by atoms with Gasteiger partial charge < -0.3 is 4.74 Å². The van der Waals surface area contributed by atoms with E-state index in [-0.39, 0.29) is 0 Å². The van der Waals surface area contributed by atoms with Gasteiger partial charge in [-0.15, -0.1) is 0 Å². The predicted octanol–water partition coefficient (Wildman–Crippen LogP) is 3.30. The monoisotopic (exact) mass is 168 g/mol. The third-order valence-corrected chi connectivity index (χ3v) is 2.31. The zero-order valence-corrected chi connectivity index (χ0v) is 8.09. The smallest absolute Gasteiger partial charge is 0.0755 e. The molecule has 0 aromatic rings. The van der Waals surface area contributed by atoms with Crippen LogP contribution in [0, 0.1) is 0 Å². The van der Waals surface area contributed by atoms with Crippen molar-refractivity contribution in [1.82, 2.24) is 0 Å². The van der Waals surface area contributed by atoms with Gasteiger partial charge in [0.2, 0.25) is 0 Å². The van der Waals surface area contributed by atoms with Crippen molar-refractivity contribution in [2.75, 3.05) is 6.61 Å². The van der Waals surface area contributed by atoms with Crippen LogP contribution in [-0.2, 0) is 4.74 Å². The highest BCUT2D eigenvalue weighted by molar-refractivity contribution is 4.92. The zero-order chi connectivity index (χ0) is 8.65. The maximum absolute atomic E-state index is 5.57. The summed E-state index contributed by atoms with van der Waals surface area (Å²) >= 11 is 0. The van der Waals surface area contributed by atoms with Crippen LogP contribution in [0.5, 0.6) is 0 Å². The van der Waals surface area contributed by atoms with E-state index in [1.54, 1.807) is 0 Å². The van der Waals surface area contributed by atoms with Crippen LogP contribution in [0.15, 0.2) is 12.2 Å². The quantitative estimate of drug-likeness (QED) is 0.452. The van der Waals surface area contributed by atoms with Crippen molar-refractivity contribution in [1.29, 1.82) is 0 Å². The van der Waals surface area contributed by atoms with Crippen molar-refractivity contribution in [3.8, 4) is 0 Å². The maximum atomic E-state index is 5.57. The first-order chi connectivity index (χ1) is 5.93. The molecule has 0 bridgehead atoms. The highest BCUT2D eigenvalue weighted by atomic mass is 16.5. The minimum absolute atomic E-state index is 0.426. The molecule has 1 aliphatic heterocycles. The Morgan fingerprint density at radius 3 is 2.92 bits per heavy atom. The highest BCUT2D eigenvalue weighted by Crippen LogP contribution is 2.12. The van der Waals surface area contributed by atoms with Crippen LogP contribution in [0.3, 0.4) is 0 Å². The fourth-order valence-electron chi connectivity index (χ4n) is 1.54. The van der Waals surface area contributed by atoms with E-state index >= 15 is 0 Å². The van der Waals surface area contributed by atoms with Crippen LogP contribution < -0.4 is 0 Å². The van der Waals surface area contributed by atoms with Crippen molar-refractivity contribution in [3.05, 3.63) is 12.2 Å². The normalized spacial score (nSPS) is 22.9. The van der Waals surface area contributed by atoms with Crippen LogP contribution >= 0.6 is 0 Å². The molecule has 0 aromatic carbocycles. The summed E-state index contributed by atoms with van der Waals surface area (Å²) in [7, 11) is 0. The van der Waals surface area contributed by atoms with Gasteiger partial charge in [0.1, 0.15) is 0 Å². The Kier molecular flexibility index (Phi) is 5.09. The van der Waals surface area contributed by atoms with E-state index in [4.69, 9.17) is 4.74 Å². The van der Waals surface area contributed by atoms with Gasteiger partial charge in [-0.3, -0.25) is 0 Å². The third kappa shape index (κ3) is 3.91. The first kappa shape index (κ1) is 9.79. The van der Waals surface area contributed by atoms with Gasteiger partial charge in [-0.25, -0.2) is 0 Å². The molecular weight excluding hydrogens is 148 g/mol. The van der Waals surface area contributed by atoms with E-state index in [9.17, 15) is 0 Å². The first-order valence-electron chi connectivity index (χ1n) is 5.21. The molecule has 1 aliphatic rings. The Labute approximate surface area is 75.8 Å². The van der Waals surface area contributed by atoms with Gasteiger partial charge in [0, 0.05) is 0 Å². The summed E-state index contributed by atoms with van der Waals surface area (Å²) in [5, 5.41) is 0. The maximum Gasteiger partial charge on any atom is 0.0755 e. The van der Waals surface area contributed by atoms with E-state index in [0.717, 1.165) is 13.0 Å². The van der Waals surface area contributed by atoms with Crippen molar-refractivity contribution >= 4 is 0 Å². The van der Waals surface area contributed by atoms with Crippen LogP contribution in [0.1, 0.15) is 45.4 Å². The Bertz CT molecular complexity index is 129. The molecule has 0 fully saturated rings. The molecule has 0 spiro atoms. The first-order valence-corrected chi connectivity index (χ1v) is 5.21. The molecule has 0 aromatic heterocycles. The summed E-state index contributed by atoms with van der Waals surface area (Å²) in [5.41, 5.74) is 0. The number of unbranched alkanes of at least 4 members (excludes halogenated alkanes) is 3. The zero-order valence-electron chi connectivity index (χ0n) is 8.09. The number of hydrogen-bond acceptors (Lipinski definition) is 1. The molecule has 0 saturated heterocycles. The van der Waals surface area contributed by atoms with Crippen molar-refractivity contribution < 1.29 is 4.74 Å². The van der Waals surface area contributed by atoms with E-state index in [1.807, 2.05) is 0 Å². The lowest BCUT2D eigenvalue weighted by Gasteiger charge is -2.16. The SMILES string of the molecule is CCCCCCC1C=CCCO1. The Hall–Kier alpha value is -0.300. The molecule has 1 atom stereocenters. The average Bonchev–Trinajstić information content (AvgIpc) is 2.14. The Morgan fingerprint density at radius 1 is 1.33 bits per heavy atom. The van der Waals surface area contributed by atoms with Gasteiger partial charge in [-0.1, -0.05) is 44.8 Å². The summed E-state index contributed by atoms with van der Waals surface area (Å²) in [4.78, 5) is 0. The van der Waals surface area contributed by atoms with E-state index in [1.165, 1.54) is 32.1 Å². The topological polar surface area (TPSA) is 9.23 Å². The second kappa shape index (κ2) is 6.24. The average molecular weight is 168 g/mol. The van der Waals surface area contributed by atoms with Crippen LogP contribution in [0.25, 0.3) is 0 Å². The molecule has 1 nitrogen and oxygen atoms in total. The minimum Gasteiger partial charge on any atom is -0.374 e. The lowest BCUT2D eigenvalue weighted by Crippen LogP contribution is -2.13. The minimum atomic E-state index is 0.426. The fourth-order valence-corrected chi connectivity index (χ4v) is 1.54. The fraction of sp³-hybridized carbons (Fsp3) is 0.818. The molecule has 0 aliphatic carbocycles. The van der Waals surface area contributed by atoms with Crippen LogP contribution in [0.4, 0.5) is 0 Å². The van der Waals surface area contributed by atoms with Gasteiger partial charge >= 0.3 is 0 Å². The Balaban J connectivity index is 1.98. The molecule has 1 heterocycles. The summed E-state index contributed by atoms with van der Waals surface area (Å²) in [6.45, 7) is 3.17. The second-order valence-corrected chi connectivity index (χ2v) is 3.48. The van der Waals surface area contributed by atoms with Crippen molar-refractivity contribution in [2.24, 2.45) is 0 Å². The number of hydrogen-bond donors (Lipinski definition) is 0. The predicted molar refractivity (Wildman–Crippen MR) is 52.3 cm³/mol. The van der Waals surface area contributed by atoms with Gasteiger partial charge in [0.05, 0.1) is 12.7 Å². The van der Waals surface area contributed by atoms with Gasteiger partial charge in [-0.05, 0) is 12.8 Å². The summed E-state index contributed by atoms with van der Waals surface area (Å²) in [6, 6.07) is 0. The molecule has 70 valence electrons. The molecule has 12 heavy (non-hydrogen) atoms. The largest absolute Gasteiger partial charge is 0.374 e. The second-order valence-electron chi connectivity index (χ2n) is 3.48. The molecule has 0 amide bonds. The molecule has 1 heteroatoms. The lowest BCUT2D eigenvalue weighted by molar-refractivity contribution is 0.0725. The van der Waals surface area contributed by atoms with Crippen molar-refractivity contribution in [3.63, 3.8) is 0 Å². The third-order valence-electron chi connectivity index (χ3n) is 2.31. The highest BCUT2D eigenvalue weighted by Gasteiger charge is 2.06. The summed E-state index contributed by atoms with van der Waals surface area (Å²) in [5.74, 6) is 0. The molecule has 0 radical (unpaired) electrons. The molecular formula is C11H20O.